The van der Waals surface area contributed by atoms with E-state index in [9.17, 15) is 22.8 Å². The lowest BCUT2D eigenvalue weighted by Crippen LogP contribution is -2.33. The number of unbranched alkanes of at least 4 members (excludes halogenated alkanes) is 11. The second kappa shape index (κ2) is 19.8. The largest absolute Gasteiger partial charge is 0.494 e. The van der Waals surface area contributed by atoms with Crippen LogP contribution in [0, 0.1) is 0 Å². The maximum absolute atomic E-state index is 13.4. The van der Waals surface area contributed by atoms with E-state index in [0.29, 0.717) is 30.8 Å². The molecule has 0 saturated heterocycles. The first-order valence-electron chi connectivity index (χ1n) is 15.2. The van der Waals surface area contributed by atoms with E-state index in [1.807, 2.05) is 13.0 Å². The molecule has 8 heteroatoms. The quantitative estimate of drug-likeness (QED) is 0.0627. The molecule has 2 rings (SSSR count). The van der Waals surface area contributed by atoms with Gasteiger partial charge < -0.3 is 14.2 Å². The van der Waals surface area contributed by atoms with Gasteiger partial charge in [0.25, 0.3) is 0 Å². The molecule has 0 spiro atoms. The number of benzene rings is 2. The molecule has 1 unspecified atom stereocenters. The standard InChI is InChI=1S/C34H45F3O5/c1-3-5-7-9-10-11-12-14-16-26-40-29-22-18-27(19-23-29)32(38)41-30-24-20-28(21-25-30)33(39)42-31(34(35,36)37)17-15-13-8-6-4-2/h3,18-25,31H,1,4-17,26H2,2H3. The Labute approximate surface area is 248 Å². The lowest BCUT2D eigenvalue weighted by Gasteiger charge is -2.20. The van der Waals surface area contributed by atoms with E-state index in [4.69, 9.17) is 14.2 Å². The Kier molecular flexibility index (Phi) is 16.4. The van der Waals surface area contributed by atoms with E-state index in [1.165, 1.54) is 56.4 Å². The third-order valence-electron chi connectivity index (χ3n) is 6.90. The number of carbonyl (C=O) groups is 2. The van der Waals surface area contributed by atoms with Gasteiger partial charge in [0, 0.05) is 0 Å². The zero-order chi connectivity index (χ0) is 30.6. The van der Waals surface area contributed by atoms with Gasteiger partial charge in [-0.2, -0.15) is 13.2 Å². The molecule has 5 nitrogen and oxygen atoms in total. The Morgan fingerprint density at radius 1 is 0.738 bits per heavy atom. The topological polar surface area (TPSA) is 61.8 Å². The fourth-order valence-electron chi connectivity index (χ4n) is 4.40. The Bertz CT molecular complexity index is 1050. The monoisotopic (exact) mass is 590 g/mol. The van der Waals surface area contributed by atoms with Gasteiger partial charge in [0.2, 0.25) is 0 Å². The summed E-state index contributed by atoms with van der Waals surface area (Å²) in [6.45, 7) is 6.37. The number of carbonyl (C=O) groups excluding carboxylic acids is 2. The van der Waals surface area contributed by atoms with Crippen molar-refractivity contribution in [2.45, 2.75) is 109 Å². The van der Waals surface area contributed by atoms with Crippen molar-refractivity contribution in [3.8, 4) is 11.5 Å². The minimum atomic E-state index is -4.64. The van der Waals surface area contributed by atoms with E-state index >= 15 is 0 Å². The molecule has 1 atom stereocenters. The summed E-state index contributed by atoms with van der Waals surface area (Å²) >= 11 is 0. The van der Waals surface area contributed by atoms with Gasteiger partial charge in [0.05, 0.1) is 17.7 Å². The molecule has 0 fully saturated rings. The number of esters is 2. The lowest BCUT2D eigenvalue weighted by atomic mass is 10.1. The number of halogens is 3. The number of rotatable bonds is 21. The normalized spacial score (nSPS) is 12.0. The van der Waals surface area contributed by atoms with Crippen LogP contribution in [0.3, 0.4) is 0 Å². The number of hydrogen-bond acceptors (Lipinski definition) is 5. The predicted octanol–water partition coefficient (Wildman–Crippen LogP) is 10.0. The molecule has 0 saturated carbocycles. The van der Waals surface area contributed by atoms with Crippen molar-refractivity contribution in [3.63, 3.8) is 0 Å². The molecule has 0 radical (unpaired) electrons. The van der Waals surface area contributed by atoms with Gasteiger partial charge in [-0.1, -0.05) is 70.8 Å². The molecule has 0 aliphatic rings. The van der Waals surface area contributed by atoms with E-state index in [2.05, 4.69) is 6.58 Å². The Hall–Kier alpha value is -3.29. The zero-order valence-corrected chi connectivity index (χ0v) is 24.8. The van der Waals surface area contributed by atoms with Gasteiger partial charge in [0.1, 0.15) is 11.5 Å². The van der Waals surface area contributed by atoms with Crippen LogP contribution in [-0.4, -0.2) is 30.8 Å². The van der Waals surface area contributed by atoms with Crippen LogP contribution in [0.1, 0.15) is 118 Å². The summed E-state index contributed by atoms with van der Waals surface area (Å²) in [7, 11) is 0. The number of hydrogen-bond donors (Lipinski definition) is 0. The first kappa shape index (κ1) is 34.9. The van der Waals surface area contributed by atoms with Crippen molar-refractivity contribution < 1.29 is 37.0 Å². The molecular formula is C34H45F3O5. The number of ether oxygens (including phenoxy) is 3. The molecule has 0 aromatic heterocycles. The molecule has 0 bridgehead atoms. The van der Waals surface area contributed by atoms with Gasteiger partial charge in [-0.25, -0.2) is 9.59 Å². The van der Waals surface area contributed by atoms with E-state index < -0.39 is 24.2 Å². The highest BCUT2D eigenvalue weighted by molar-refractivity contribution is 5.92. The van der Waals surface area contributed by atoms with Crippen LogP contribution in [0.4, 0.5) is 13.2 Å². The zero-order valence-electron chi connectivity index (χ0n) is 24.8. The van der Waals surface area contributed by atoms with Gasteiger partial charge in [-0.05, 0) is 80.6 Å². The Balaban J connectivity index is 1.75. The third kappa shape index (κ3) is 14.1. The minimum absolute atomic E-state index is 0.0555. The summed E-state index contributed by atoms with van der Waals surface area (Å²) < 4.78 is 56.0. The van der Waals surface area contributed by atoms with Crippen molar-refractivity contribution >= 4 is 11.9 Å². The SMILES string of the molecule is C=CCCCCCCCCCOc1ccc(C(=O)Oc2ccc(C(=O)OC(CCCCCCC)C(F)(F)F)cc2)cc1. The van der Waals surface area contributed by atoms with E-state index in [1.54, 1.807) is 24.3 Å². The highest BCUT2D eigenvalue weighted by Crippen LogP contribution is 2.28. The van der Waals surface area contributed by atoms with Crippen LogP contribution in [-0.2, 0) is 4.74 Å². The van der Waals surface area contributed by atoms with Gasteiger partial charge in [-0.15, -0.1) is 6.58 Å². The summed E-state index contributed by atoms with van der Waals surface area (Å²) in [5.41, 5.74) is 0.259. The van der Waals surface area contributed by atoms with Gasteiger partial charge >= 0.3 is 18.1 Å². The average molecular weight is 591 g/mol. The first-order chi connectivity index (χ1) is 20.2. The molecular weight excluding hydrogens is 545 g/mol. The summed E-state index contributed by atoms with van der Waals surface area (Å²) in [4.78, 5) is 24.9. The predicted molar refractivity (Wildman–Crippen MR) is 159 cm³/mol. The first-order valence-corrected chi connectivity index (χ1v) is 15.2. The second-order valence-electron chi connectivity index (χ2n) is 10.5. The van der Waals surface area contributed by atoms with Crippen LogP contribution in [0.2, 0.25) is 0 Å². The summed E-state index contributed by atoms with van der Waals surface area (Å²) in [5, 5.41) is 0. The highest BCUT2D eigenvalue weighted by Gasteiger charge is 2.42. The molecule has 0 amide bonds. The molecule has 2 aromatic rings. The maximum Gasteiger partial charge on any atom is 0.425 e. The van der Waals surface area contributed by atoms with Crippen molar-refractivity contribution in [3.05, 3.63) is 72.3 Å². The van der Waals surface area contributed by atoms with Crippen LogP contribution in [0.5, 0.6) is 11.5 Å². The second-order valence-corrected chi connectivity index (χ2v) is 10.5. The molecule has 42 heavy (non-hydrogen) atoms. The fraction of sp³-hybridized carbons (Fsp3) is 0.529. The minimum Gasteiger partial charge on any atom is -0.494 e. The van der Waals surface area contributed by atoms with E-state index in [-0.39, 0.29) is 17.7 Å². The van der Waals surface area contributed by atoms with Crippen LogP contribution in [0.15, 0.2) is 61.2 Å². The maximum atomic E-state index is 13.4. The van der Waals surface area contributed by atoms with Gasteiger partial charge in [0.15, 0.2) is 6.10 Å². The molecule has 2 aromatic carbocycles. The van der Waals surface area contributed by atoms with Crippen LogP contribution < -0.4 is 9.47 Å². The molecule has 0 heterocycles. The van der Waals surface area contributed by atoms with Crippen molar-refractivity contribution in [2.75, 3.05) is 6.61 Å². The summed E-state index contributed by atoms with van der Waals surface area (Å²) in [6.07, 6.45) is 8.02. The van der Waals surface area contributed by atoms with Crippen molar-refractivity contribution in [1.82, 2.24) is 0 Å². The Morgan fingerprint density at radius 3 is 1.86 bits per heavy atom. The average Bonchev–Trinajstić information content (AvgIpc) is 2.97. The summed E-state index contributed by atoms with van der Waals surface area (Å²) in [6, 6.07) is 11.9. The number of allylic oxidation sites excluding steroid dienone is 1. The van der Waals surface area contributed by atoms with Crippen molar-refractivity contribution in [1.29, 1.82) is 0 Å². The molecule has 0 N–H and O–H groups in total. The summed E-state index contributed by atoms with van der Waals surface area (Å²) in [5.74, 6) is -0.860. The molecule has 0 aliphatic carbocycles. The van der Waals surface area contributed by atoms with Crippen LogP contribution in [0.25, 0.3) is 0 Å². The molecule has 0 aliphatic heterocycles. The fourth-order valence-corrected chi connectivity index (χ4v) is 4.40. The Morgan fingerprint density at radius 2 is 1.26 bits per heavy atom. The lowest BCUT2D eigenvalue weighted by molar-refractivity contribution is -0.206. The smallest absolute Gasteiger partial charge is 0.425 e. The number of alkyl halides is 3. The van der Waals surface area contributed by atoms with Crippen LogP contribution >= 0.6 is 0 Å². The van der Waals surface area contributed by atoms with Crippen molar-refractivity contribution in [2.24, 2.45) is 0 Å². The highest BCUT2D eigenvalue weighted by atomic mass is 19.4. The third-order valence-corrected chi connectivity index (χ3v) is 6.90. The van der Waals surface area contributed by atoms with E-state index in [0.717, 1.165) is 38.5 Å². The van der Waals surface area contributed by atoms with Gasteiger partial charge in [-0.3, -0.25) is 0 Å². The molecule has 232 valence electrons.